The second-order valence-corrected chi connectivity index (χ2v) is 3.16. The first-order valence-corrected chi connectivity index (χ1v) is 4.29. The van der Waals surface area contributed by atoms with Crippen LogP contribution >= 0.6 is 0 Å². The highest BCUT2D eigenvalue weighted by Crippen LogP contribution is 2.30. The third kappa shape index (κ3) is 1.36. The molecule has 16 heavy (non-hydrogen) atoms. The number of benzene rings is 1. The van der Waals surface area contributed by atoms with Crippen LogP contribution in [-0.4, -0.2) is 19.8 Å². The molecule has 8 nitrogen and oxygen atoms in total. The number of nitro benzene ring substituents is 2. The Bertz CT molecular complexity index is 552. The van der Waals surface area contributed by atoms with E-state index in [0.717, 1.165) is 12.1 Å². The van der Waals surface area contributed by atoms with Gasteiger partial charge in [0.05, 0.1) is 9.85 Å². The number of nitro groups is 2. The van der Waals surface area contributed by atoms with Gasteiger partial charge in [-0.2, -0.15) is 0 Å². The minimum absolute atomic E-state index is 0.0108. The summed E-state index contributed by atoms with van der Waals surface area (Å²) in [5, 5.41) is 21.4. The summed E-state index contributed by atoms with van der Waals surface area (Å²) in [6.45, 7) is 1.58. The predicted molar refractivity (Wildman–Crippen MR) is 54.1 cm³/mol. The summed E-state index contributed by atoms with van der Waals surface area (Å²) < 4.78 is 0. The standard InChI is InChI=1S/C8H6N4O4/c1-4-9-7-5(11(13)14)2-3-6(12(15)16)8(7)10-4/h2-3H,1H3,(H,9,10). The molecule has 1 heterocycles. The lowest BCUT2D eigenvalue weighted by Crippen LogP contribution is -1.93. The van der Waals surface area contributed by atoms with Crippen molar-refractivity contribution in [1.29, 1.82) is 0 Å². The molecule has 0 aliphatic carbocycles. The molecule has 1 aromatic carbocycles. The van der Waals surface area contributed by atoms with E-state index in [4.69, 9.17) is 0 Å². The topological polar surface area (TPSA) is 115 Å². The van der Waals surface area contributed by atoms with E-state index >= 15 is 0 Å². The van der Waals surface area contributed by atoms with Crippen molar-refractivity contribution < 1.29 is 9.85 Å². The van der Waals surface area contributed by atoms with Crippen LogP contribution in [0.1, 0.15) is 5.82 Å². The van der Waals surface area contributed by atoms with Gasteiger partial charge in [-0.15, -0.1) is 0 Å². The highest BCUT2D eigenvalue weighted by atomic mass is 16.6. The van der Waals surface area contributed by atoms with Gasteiger partial charge in [0.1, 0.15) is 5.82 Å². The van der Waals surface area contributed by atoms with E-state index in [9.17, 15) is 20.2 Å². The third-order valence-electron chi connectivity index (χ3n) is 2.11. The molecule has 0 bridgehead atoms. The SMILES string of the molecule is Cc1nc2c([N+](=O)[O-])ccc([N+](=O)[O-])c2[nH]1. The van der Waals surface area contributed by atoms with Gasteiger partial charge in [0.15, 0.2) is 11.0 Å². The number of hydrogen-bond donors (Lipinski definition) is 1. The largest absolute Gasteiger partial charge is 0.336 e. The highest BCUT2D eigenvalue weighted by Gasteiger charge is 2.23. The molecule has 2 aromatic rings. The van der Waals surface area contributed by atoms with Crippen molar-refractivity contribution in [1.82, 2.24) is 9.97 Å². The minimum atomic E-state index is -0.619. The maximum atomic E-state index is 10.7. The zero-order chi connectivity index (χ0) is 11.9. The molecule has 8 heteroatoms. The summed E-state index contributed by atoms with van der Waals surface area (Å²) in [6, 6.07) is 2.18. The van der Waals surface area contributed by atoms with Gasteiger partial charge < -0.3 is 4.98 Å². The molecule has 0 radical (unpaired) electrons. The molecule has 0 fully saturated rings. The molecule has 0 saturated heterocycles. The molecule has 0 unspecified atom stereocenters. The number of rotatable bonds is 2. The maximum absolute atomic E-state index is 10.7. The number of nitrogens with zero attached hydrogens (tertiary/aromatic N) is 3. The fraction of sp³-hybridized carbons (Fsp3) is 0.125. The summed E-state index contributed by atoms with van der Waals surface area (Å²) in [7, 11) is 0. The fourth-order valence-corrected chi connectivity index (χ4v) is 1.48. The fourth-order valence-electron chi connectivity index (χ4n) is 1.48. The number of imidazole rings is 1. The van der Waals surface area contributed by atoms with Crippen LogP contribution in [0.3, 0.4) is 0 Å². The summed E-state index contributed by atoms with van der Waals surface area (Å²) in [5.41, 5.74) is -0.375. The monoisotopic (exact) mass is 222 g/mol. The predicted octanol–water partition coefficient (Wildman–Crippen LogP) is 1.69. The van der Waals surface area contributed by atoms with Crippen LogP contribution in [0.15, 0.2) is 12.1 Å². The highest BCUT2D eigenvalue weighted by molar-refractivity contribution is 5.91. The molecule has 0 saturated carbocycles. The van der Waals surface area contributed by atoms with Gasteiger partial charge in [0, 0.05) is 12.1 Å². The summed E-state index contributed by atoms with van der Waals surface area (Å²) in [6.07, 6.45) is 0. The van der Waals surface area contributed by atoms with Crippen molar-refractivity contribution in [3.8, 4) is 0 Å². The van der Waals surface area contributed by atoms with Crippen molar-refractivity contribution in [2.75, 3.05) is 0 Å². The second kappa shape index (κ2) is 3.26. The van der Waals surface area contributed by atoms with E-state index in [1.807, 2.05) is 0 Å². The third-order valence-corrected chi connectivity index (χ3v) is 2.11. The molecular weight excluding hydrogens is 216 g/mol. The smallest absolute Gasteiger partial charge is 0.297 e. The van der Waals surface area contributed by atoms with E-state index in [-0.39, 0.29) is 22.4 Å². The molecular formula is C8H6N4O4. The Balaban J connectivity index is 2.86. The molecule has 0 aliphatic rings. The first kappa shape index (κ1) is 10.0. The molecule has 1 N–H and O–H groups in total. The molecule has 0 aliphatic heterocycles. The Kier molecular flexibility index (Phi) is 2.04. The number of nitrogens with one attached hydrogen (secondary N) is 1. The van der Waals surface area contributed by atoms with Gasteiger partial charge in [0.25, 0.3) is 11.4 Å². The molecule has 0 amide bonds. The first-order chi connectivity index (χ1) is 7.50. The van der Waals surface area contributed by atoms with Crippen molar-refractivity contribution in [2.45, 2.75) is 6.92 Å². The lowest BCUT2D eigenvalue weighted by molar-refractivity contribution is -0.386. The molecule has 0 atom stereocenters. The van der Waals surface area contributed by atoms with Crippen molar-refractivity contribution >= 4 is 22.4 Å². The lowest BCUT2D eigenvalue weighted by atomic mass is 10.2. The quantitative estimate of drug-likeness (QED) is 0.613. The van der Waals surface area contributed by atoms with Gasteiger partial charge >= 0.3 is 0 Å². The van der Waals surface area contributed by atoms with Crippen LogP contribution in [-0.2, 0) is 0 Å². The Morgan fingerprint density at radius 1 is 1.19 bits per heavy atom. The Labute approximate surface area is 88.2 Å². The van der Waals surface area contributed by atoms with Gasteiger partial charge in [-0.05, 0) is 6.92 Å². The average Bonchev–Trinajstić information content (AvgIpc) is 2.56. The van der Waals surface area contributed by atoms with Crippen LogP contribution < -0.4 is 0 Å². The van der Waals surface area contributed by atoms with Gasteiger partial charge in [-0.3, -0.25) is 20.2 Å². The lowest BCUT2D eigenvalue weighted by Gasteiger charge is -1.94. The van der Waals surface area contributed by atoms with E-state index in [1.165, 1.54) is 0 Å². The summed E-state index contributed by atoms with van der Waals surface area (Å²) in [4.78, 5) is 26.7. The van der Waals surface area contributed by atoms with Crippen molar-refractivity contribution in [3.05, 3.63) is 38.2 Å². The number of fused-ring (bicyclic) bond motifs is 1. The van der Waals surface area contributed by atoms with E-state index in [0.29, 0.717) is 5.82 Å². The number of aryl methyl sites for hydroxylation is 1. The average molecular weight is 222 g/mol. The van der Waals surface area contributed by atoms with Crippen LogP contribution in [0.4, 0.5) is 11.4 Å². The van der Waals surface area contributed by atoms with Gasteiger partial charge in [0.2, 0.25) is 0 Å². The van der Waals surface area contributed by atoms with E-state index < -0.39 is 9.85 Å². The van der Waals surface area contributed by atoms with Crippen LogP contribution in [0.2, 0.25) is 0 Å². The summed E-state index contributed by atoms with van der Waals surface area (Å²) in [5.74, 6) is 0.396. The zero-order valence-corrected chi connectivity index (χ0v) is 8.13. The maximum Gasteiger partial charge on any atom is 0.297 e. The second-order valence-electron chi connectivity index (χ2n) is 3.16. The number of non-ortho nitro benzene ring substituents is 2. The van der Waals surface area contributed by atoms with E-state index in [2.05, 4.69) is 9.97 Å². The molecule has 82 valence electrons. The van der Waals surface area contributed by atoms with Gasteiger partial charge in [-0.25, -0.2) is 4.98 Å². The van der Waals surface area contributed by atoms with Crippen molar-refractivity contribution in [3.63, 3.8) is 0 Å². The van der Waals surface area contributed by atoms with Gasteiger partial charge in [-0.1, -0.05) is 0 Å². The first-order valence-electron chi connectivity index (χ1n) is 4.29. The Morgan fingerprint density at radius 2 is 1.75 bits per heavy atom. The Morgan fingerprint density at radius 3 is 2.31 bits per heavy atom. The van der Waals surface area contributed by atoms with Crippen LogP contribution in [0.5, 0.6) is 0 Å². The number of hydrogen-bond acceptors (Lipinski definition) is 5. The van der Waals surface area contributed by atoms with Crippen LogP contribution in [0.25, 0.3) is 11.0 Å². The number of aromatic amines is 1. The molecule has 1 aromatic heterocycles. The molecule has 0 spiro atoms. The molecule has 2 rings (SSSR count). The van der Waals surface area contributed by atoms with Crippen molar-refractivity contribution in [2.24, 2.45) is 0 Å². The number of H-pyrrole nitrogens is 1. The van der Waals surface area contributed by atoms with E-state index in [1.54, 1.807) is 6.92 Å². The number of aromatic nitrogens is 2. The normalized spacial score (nSPS) is 10.6. The van der Waals surface area contributed by atoms with Crippen LogP contribution in [0, 0.1) is 27.2 Å². The minimum Gasteiger partial charge on any atom is -0.336 e. The summed E-state index contributed by atoms with van der Waals surface area (Å²) >= 11 is 0. The Hall–Kier alpha value is -2.51. The zero-order valence-electron chi connectivity index (χ0n) is 8.13.